The Labute approximate surface area is 534 Å². The number of likely N-dealkylation sites (N-methyl/N-ethyl adjacent to an activating group) is 2. The Bertz CT molecular complexity index is 3330. The maximum absolute atomic E-state index is 13.2. The van der Waals surface area contributed by atoms with Crippen molar-refractivity contribution in [2.75, 3.05) is 106 Å². The number of hydrogen-bond acceptors (Lipinski definition) is 22. The minimum Gasteiger partial charge on any atom is -0.507 e. The normalized spacial score (nSPS) is 16.9. The first-order valence-corrected chi connectivity index (χ1v) is 32.3. The molecule has 500 valence electrons. The highest BCUT2D eigenvalue weighted by atomic mass is 35.5. The Hall–Kier alpha value is -6.55. The number of aliphatic hydroxyl groups is 1. The fraction of sp³-hybridized carbons (Fsp3) is 0.477. The number of aliphatic hydroxyl groups excluding tert-OH is 1. The molecule has 22 nitrogen and oxygen atoms in total. The number of allylic oxidation sites excluding steroid dienone is 2. The number of phenols is 3. The van der Waals surface area contributed by atoms with Crippen LogP contribution in [0, 0.1) is 0 Å². The number of piperidine rings is 2. The van der Waals surface area contributed by atoms with Gasteiger partial charge in [0, 0.05) is 61.2 Å². The molecule has 2 fully saturated rings. The molecule has 90 heavy (non-hydrogen) atoms. The first kappa shape index (κ1) is 79.5. The number of para-hydroxylation sites is 2. The van der Waals surface area contributed by atoms with Gasteiger partial charge in [0.15, 0.2) is 11.2 Å². The van der Waals surface area contributed by atoms with Crippen LogP contribution in [0.25, 0.3) is 22.3 Å². The van der Waals surface area contributed by atoms with E-state index in [-0.39, 0.29) is 118 Å². The van der Waals surface area contributed by atoms with Gasteiger partial charge in [0.1, 0.15) is 81.9 Å². The van der Waals surface area contributed by atoms with E-state index >= 15 is 0 Å². The predicted octanol–water partition coefficient (Wildman–Crippen LogP) is 13.0. The van der Waals surface area contributed by atoms with Crippen LogP contribution in [-0.4, -0.2) is 166 Å². The fourth-order valence-electron chi connectivity index (χ4n) is 10.1. The molecule has 1 aromatic heterocycles. The summed E-state index contributed by atoms with van der Waals surface area (Å²) in [6.45, 7) is 13.7. The third-order valence-electron chi connectivity index (χ3n) is 13.9. The number of β-amino-alcohol motifs (C(OH)–C–C–N with tert-alkyl or cyclic N) is 1. The zero-order valence-electron chi connectivity index (χ0n) is 50.9. The minimum absolute atomic E-state index is 0. The Morgan fingerprint density at radius 3 is 1.69 bits per heavy atom. The Balaban J connectivity index is 0.000000480. The first-order chi connectivity index (χ1) is 41.5. The molecule has 4 N–H and O–H groups in total. The number of nitrogens with zero attached hydrogens (tertiary/aromatic N) is 2. The summed E-state index contributed by atoms with van der Waals surface area (Å²) in [5.74, 6) is -0.596. The van der Waals surface area contributed by atoms with Gasteiger partial charge in [-0.1, -0.05) is 70.8 Å². The summed E-state index contributed by atoms with van der Waals surface area (Å²) < 4.78 is 79.5. The number of hydrogen-bond donors (Lipinski definition) is 4. The number of rotatable bonds is 26. The van der Waals surface area contributed by atoms with Crippen LogP contribution in [0.2, 0.25) is 0 Å². The lowest BCUT2D eigenvalue weighted by atomic mass is 9.84. The second kappa shape index (κ2) is 38.3. The van der Waals surface area contributed by atoms with E-state index in [1.807, 2.05) is 19.0 Å². The average molecular weight is 1320 g/mol. The summed E-state index contributed by atoms with van der Waals surface area (Å²) >= 11 is 5.47. The molecule has 0 unspecified atom stereocenters. The second-order valence-corrected chi connectivity index (χ2v) is 24.7. The van der Waals surface area contributed by atoms with Crippen molar-refractivity contribution in [1.29, 1.82) is 0 Å². The van der Waals surface area contributed by atoms with Gasteiger partial charge in [-0.25, -0.2) is 0 Å². The molecule has 0 radical (unpaired) electrons. The zero-order valence-corrected chi connectivity index (χ0v) is 53.4. The number of phenolic OH excluding ortho intramolecular Hbond substituents is 3. The van der Waals surface area contributed by atoms with E-state index in [9.17, 15) is 48.7 Å². The highest BCUT2D eigenvalue weighted by Crippen LogP contribution is 2.50. The number of likely N-dealkylation sites (tertiary alicyclic amines) is 2. The number of ketones is 1. The molecular weight excluding hydrogens is 1230 g/mol. The van der Waals surface area contributed by atoms with E-state index in [0.717, 1.165) is 12.6 Å². The molecule has 5 aromatic rings. The molecule has 2 aliphatic heterocycles. The van der Waals surface area contributed by atoms with Gasteiger partial charge in [-0.3, -0.25) is 28.3 Å². The quantitative estimate of drug-likeness (QED) is 0.0132. The molecule has 2 aliphatic rings. The SMILES string of the molecule is C.C.C.CCOP(=O)(C/C=C/COc1ccccc1-c1cc(=O)c2c(O)cc(O)c([C@H]3CCN(C)C[C@H]3O)c2o1)OCC.CCOP(=O)(C/C=C/COc1ccccc1C(=O)Cl)OCC.COc1cc(OC)c([C@H]2CCN(C)C[C@H]2OC(C)=O)c(O)c1C(C)=O. The minimum atomic E-state index is -3.20. The van der Waals surface area contributed by atoms with Crippen molar-refractivity contribution in [3.05, 3.63) is 124 Å². The number of esters is 1. The smallest absolute Gasteiger partial charge is 0.334 e. The molecule has 4 aromatic carbocycles. The largest absolute Gasteiger partial charge is 0.507 e. The van der Waals surface area contributed by atoms with Crippen LogP contribution in [0.3, 0.4) is 0 Å². The van der Waals surface area contributed by atoms with Crippen LogP contribution in [0.4, 0.5) is 0 Å². The van der Waals surface area contributed by atoms with Gasteiger partial charge >= 0.3 is 21.2 Å². The molecule has 4 atom stereocenters. The average Bonchev–Trinajstić information content (AvgIpc) is 0.770. The first-order valence-electron chi connectivity index (χ1n) is 28.4. The molecule has 0 saturated carbocycles. The molecule has 7 rings (SSSR count). The molecule has 0 bridgehead atoms. The number of Topliss-reactive ketones (excluding diaryl/α,β-unsaturated/α-hetero) is 1. The Kier molecular flexibility index (Phi) is 33.9. The molecular formula is C65H93ClN2O20P2. The highest BCUT2D eigenvalue weighted by Gasteiger charge is 2.38. The summed E-state index contributed by atoms with van der Waals surface area (Å²) in [6.07, 6.45) is 6.98. The van der Waals surface area contributed by atoms with E-state index in [4.69, 9.17) is 57.8 Å². The number of carbonyl (C=O) groups excluding carboxylic acids is 3. The fourth-order valence-corrected chi connectivity index (χ4v) is 13.2. The van der Waals surface area contributed by atoms with Gasteiger partial charge < -0.3 is 76.4 Å². The lowest BCUT2D eigenvalue weighted by Gasteiger charge is -2.37. The third kappa shape index (κ3) is 21.8. The summed E-state index contributed by atoms with van der Waals surface area (Å²) in [6, 6.07) is 17.7. The monoisotopic (exact) mass is 1320 g/mol. The van der Waals surface area contributed by atoms with Crippen LogP contribution in [-0.2, 0) is 36.8 Å². The molecule has 25 heteroatoms. The van der Waals surface area contributed by atoms with Crippen molar-refractivity contribution in [3.8, 4) is 51.6 Å². The molecule has 2 saturated heterocycles. The molecule has 0 spiro atoms. The maximum Gasteiger partial charge on any atom is 0.334 e. The topological polar surface area (TPSA) is 286 Å². The Morgan fingerprint density at radius 2 is 1.18 bits per heavy atom. The summed E-state index contributed by atoms with van der Waals surface area (Å²) in [5.41, 5.74) is 1.22. The zero-order chi connectivity index (χ0) is 64.0. The number of methoxy groups -OCH3 is 2. The molecule has 3 heterocycles. The van der Waals surface area contributed by atoms with Crippen molar-refractivity contribution in [1.82, 2.24) is 9.80 Å². The Morgan fingerprint density at radius 1 is 0.667 bits per heavy atom. The summed E-state index contributed by atoms with van der Waals surface area (Å²) in [4.78, 5) is 52.0. The van der Waals surface area contributed by atoms with Gasteiger partial charge in [-0.15, -0.1) is 0 Å². The standard InChI is InChI=1S/C29H36NO9P.C18H25NO6.C15H20ClO5P.3CH4/c1-4-37-40(35,38-5-2)15-9-8-14-36-25-11-7-6-10-20(25)26-17-23(33)28-22(32)16-21(31)27(29(28)39-26)19-12-13-30(3)18-24(19)34;1-10(20)16-13(23-4)8-14(24-5)17(18(16)22)12-6-7-19(3)9-15(12)25-11(2)21;1-3-20-22(18,21-4-2)12-8-7-11-19-14-10-6-5-9-13(14)15(16)17;;;/h6-11,16-17,19,24,31-32,34H,4-5,12-15,18H2,1-3H3;8,12,15,22H,6-7,9H2,1-5H3;5-10H,3-4,11-12H2,1-2H3;3*1H4/b9-8+;;8-7+;;;/t19-,24+;12-,15+;;;;/m00..../s1. The number of fused-ring (bicyclic) bond motifs is 1. The molecule has 0 amide bonds. The van der Waals surface area contributed by atoms with Crippen LogP contribution < -0.4 is 24.4 Å². The van der Waals surface area contributed by atoms with E-state index in [1.165, 1.54) is 34.1 Å². The van der Waals surface area contributed by atoms with Crippen LogP contribution >= 0.6 is 26.8 Å². The van der Waals surface area contributed by atoms with Gasteiger partial charge in [0.25, 0.3) is 5.24 Å². The highest BCUT2D eigenvalue weighted by molar-refractivity contribution is 7.54. The van der Waals surface area contributed by atoms with E-state index in [0.29, 0.717) is 85.2 Å². The number of aromatic hydroxyl groups is 3. The third-order valence-corrected chi connectivity index (χ3v) is 18.0. The number of halogens is 1. The number of benzene rings is 4. The van der Waals surface area contributed by atoms with Crippen molar-refractivity contribution in [2.45, 2.75) is 101 Å². The predicted molar refractivity (Wildman–Crippen MR) is 351 cm³/mol. The van der Waals surface area contributed by atoms with Gasteiger partial charge in [0.2, 0.25) is 0 Å². The second-order valence-electron chi connectivity index (χ2n) is 20.1. The number of ether oxygens (including phenoxy) is 5. The van der Waals surface area contributed by atoms with Gasteiger partial charge in [-0.2, -0.15) is 0 Å². The van der Waals surface area contributed by atoms with Crippen LogP contribution in [0.15, 0.2) is 100 Å². The van der Waals surface area contributed by atoms with Gasteiger partial charge in [-0.05, 0) is 111 Å². The lowest BCUT2D eigenvalue weighted by molar-refractivity contribution is -0.149. The van der Waals surface area contributed by atoms with Crippen molar-refractivity contribution < 1.29 is 90.1 Å². The van der Waals surface area contributed by atoms with Gasteiger partial charge in [0.05, 0.1) is 70.2 Å². The summed E-state index contributed by atoms with van der Waals surface area (Å²) in [5, 5.41) is 42.3. The van der Waals surface area contributed by atoms with Crippen molar-refractivity contribution in [2.24, 2.45) is 0 Å². The van der Waals surface area contributed by atoms with E-state index in [2.05, 4.69) is 4.90 Å². The number of carbonyl (C=O) groups is 3. The van der Waals surface area contributed by atoms with Crippen LogP contribution in [0.1, 0.15) is 120 Å². The van der Waals surface area contributed by atoms with E-state index in [1.54, 1.807) is 107 Å². The lowest BCUT2D eigenvalue weighted by Crippen LogP contribution is -2.43. The van der Waals surface area contributed by atoms with E-state index < -0.39 is 49.7 Å². The molecule has 0 aliphatic carbocycles. The van der Waals surface area contributed by atoms with Crippen LogP contribution in [0.5, 0.6) is 40.2 Å². The van der Waals surface area contributed by atoms with Crippen molar-refractivity contribution >= 4 is 54.8 Å². The maximum atomic E-state index is 13.2. The summed E-state index contributed by atoms with van der Waals surface area (Å²) in [7, 11) is 0.478. The van der Waals surface area contributed by atoms with Crippen molar-refractivity contribution in [3.63, 3.8) is 0 Å².